The first-order valence-electron chi connectivity index (χ1n) is 5.62. The Morgan fingerprint density at radius 1 is 1.30 bits per heavy atom. The molecule has 0 radical (unpaired) electrons. The minimum absolute atomic E-state index is 0.156. The van der Waals surface area contributed by atoms with Gasteiger partial charge in [0.25, 0.3) is 5.69 Å². The lowest BCUT2D eigenvalue weighted by atomic mass is 10.2. The molecular weight excluding hydrogens is 287 g/mol. The van der Waals surface area contributed by atoms with E-state index in [1.54, 1.807) is 0 Å². The summed E-state index contributed by atoms with van der Waals surface area (Å²) in [6.07, 6.45) is 0. The molecule has 0 atom stereocenters. The van der Waals surface area contributed by atoms with Gasteiger partial charge >= 0.3 is 0 Å². The number of halogens is 2. The summed E-state index contributed by atoms with van der Waals surface area (Å²) in [5, 5.41) is 23.1. The molecule has 2 rings (SSSR count). The van der Waals surface area contributed by atoms with Crippen LogP contribution in [0.15, 0.2) is 36.4 Å². The molecule has 20 heavy (non-hydrogen) atoms. The molecule has 2 aromatic rings. The largest absolute Gasteiger partial charge is 0.505 e. The van der Waals surface area contributed by atoms with Gasteiger partial charge in [0.05, 0.1) is 4.92 Å². The third-order valence-electron chi connectivity index (χ3n) is 2.65. The van der Waals surface area contributed by atoms with E-state index in [2.05, 4.69) is 5.32 Å². The van der Waals surface area contributed by atoms with E-state index in [1.807, 2.05) is 0 Å². The van der Waals surface area contributed by atoms with Gasteiger partial charge in [-0.3, -0.25) is 10.1 Å². The molecule has 0 saturated heterocycles. The van der Waals surface area contributed by atoms with Crippen molar-refractivity contribution in [3.63, 3.8) is 0 Å². The van der Waals surface area contributed by atoms with Crippen LogP contribution in [0.5, 0.6) is 5.75 Å². The van der Waals surface area contributed by atoms with Gasteiger partial charge in [-0.05, 0) is 29.8 Å². The van der Waals surface area contributed by atoms with Crippen molar-refractivity contribution < 1.29 is 14.4 Å². The number of hydrogen-bond acceptors (Lipinski definition) is 4. The van der Waals surface area contributed by atoms with Gasteiger partial charge in [-0.15, -0.1) is 0 Å². The van der Waals surface area contributed by atoms with E-state index in [0.717, 1.165) is 6.07 Å². The Balaban J connectivity index is 2.18. The Kier molecular flexibility index (Phi) is 4.05. The van der Waals surface area contributed by atoms with Crippen molar-refractivity contribution in [3.8, 4) is 5.75 Å². The van der Waals surface area contributed by atoms with Crippen LogP contribution in [0, 0.1) is 15.9 Å². The second kappa shape index (κ2) is 5.75. The Morgan fingerprint density at radius 3 is 2.70 bits per heavy atom. The van der Waals surface area contributed by atoms with Gasteiger partial charge in [0, 0.05) is 17.6 Å². The highest BCUT2D eigenvalue weighted by molar-refractivity contribution is 6.30. The lowest BCUT2D eigenvalue weighted by Crippen LogP contribution is -2.03. The van der Waals surface area contributed by atoms with E-state index < -0.39 is 16.5 Å². The Bertz CT molecular complexity index is 664. The fraction of sp³-hybridized carbons (Fsp3) is 0.0769. The van der Waals surface area contributed by atoms with Crippen molar-refractivity contribution in [2.75, 3.05) is 5.32 Å². The van der Waals surface area contributed by atoms with Gasteiger partial charge in [-0.1, -0.05) is 17.7 Å². The van der Waals surface area contributed by atoms with Crippen molar-refractivity contribution in [3.05, 3.63) is 62.9 Å². The number of rotatable bonds is 4. The number of anilines is 1. The third-order valence-corrected chi connectivity index (χ3v) is 2.89. The van der Waals surface area contributed by atoms with E-state index in [4.69, 9.17) is 16.7 Å². The summed E-state index contributed by atoms with van der Waals surface area (Å²) in [4.78, 5) is 10.3. The molecule has 0 aliphatic rings. The van der Waals surface area contributed by atoms with Crippen LogP contribution in [0.4, 0.5) is 15.8 Å². The summed E-state index contributed by atoms with van der Waals surface area (Å²) in [7, 11) is 0. The maximum absolute atomic E-state index is 13.2. The van der Waals surface area contributed by atoms with Gasteiger partial charge in [0.1, 0.15) is 5.69 Å². The van der Waals surface area contributed by atoms with Gasteiger partial charge < -0.3 is 10.4 Å². The molecule has 5 nitrogen and oxygen atoms in total. The molecule has 0 fully saturated rings. The summed E-state index contributed by atoms with van der Waals surface area (Å²) in [6, 6.07) is 8.15. The normalized spacial score (nSPS) is 10.3. The van der Waals surface area contributed by atoms with E-state index >= 15 is 0 Å². The van der Waals surface area contributed by atoms with Crippen molar-refractivity contribution >= 4 is 23.0 Å². The number of benzene rings is 2. The number of nitrogens with one attached hydrogen (secondary N) is 1. The van der Waals surface area contributed by atoms with Gasteiger partial charge in [0.15, 0.2) is 11.6 Å². The number of phenolic OH excluding ortho intramolecular Hbond substituents is 1. The molecule has 0 saturated carbocycles. The maximum Gasteiger partial charge on any atom is 0.293 e. The van der Waals surface area contributed by atoms with E-state index in [0.29, 0.717) is 5.56 Å². The Hall–Kier alpha value is -2.34. The standard InChI is InChI=1S/C13H10ClFN2O3/c14-9-2-3-11(12(6-9)17(19)20)16-7-8-1-4-13(18)10(15)5-8/h1-6,16,18H,7H2. The number of hydrogen-bond donors (Lipinski definition) is 2. The molecule has 0 bridgehead atoms. The fourth-order valence-electron chi connectivity index (χ4n) is 1.66. The van der Waals surface area contributed by atoms with E-state index in [-0.39, 0.29) is 22.9 Å². The zero-order chi connectivity index (χ0) is 14.7. The van der Waals surface area contributed by atoms with Gasteiger partial charge in [-0.25, -0.2) is 4.39 Å². The molecule has 104 valence electrons. The molecule has 0 aliphatic heterocycles. The fourth-order valence-corrected chi connectivity index (χ4v) is 1.83. The molecule has 0 unspecified atom stereocenters. The van der Waals surface area contributed by atoms with Crippen LogP contribution in [0.2, 0.25) is 5.02 Å². The average molecular weight is 297 g/mol. The van der Waals surface area contributed by atoms with Crippen molar-refractivity contribution in [2.45, 2.75) is 6.54 Å². The van der Waals surface area contributed by atoms with Gasteiger partial charge in [-0.2, -0.15) is 0 Å². The molecule has 0 heterocycles. The van der Waals surface area contributed by atoms with Crippen LogP contribution in [0.3, 0.4) is 0 Å². The molecule has 0 spiro atoms. The van der Waals surface area contributed by atoms with Crippen LogP contribution < -0.4 is 5.32 Å². The minimum atomic E-state index is -0.741. The van der Waals surface area contributed by atoms with Crippen molar-refractivity contribution in [1.29, 1.82) is 0 Å². The first-order chi connectivity index (χ1) is 9.47. The van der Waals surface area contributed by atoms with Crippen LogP contribution in [0.1, 0.15) is 5.56 Å². The average Bonchev–Trinajstić information content (AvgIpc) is 2.41. The molecule has 0 aliphatic carbocycles. The predicted octanol–water partition coefficient (Wildman–Crippen LogP) is 3.71. The zero-order valence-electron chi connectivity index (χ0n) is 10.1. The van der Waals surface area contributed by atoms with Crippen molar-refractivity contribution in [2.24, 2.45) is 0 Å². The summed E-state index contributed by atoms with van der Waals surface area (Å²) in [6.45, 7) is 0.180. The van der Waals surface area contributed by atoms with Gasteiger partial charge in [0.2, 0.25) is 0 Å². The molecular formula is C13H10ClFN2O3. The summed E-state index contributed by atoms with van der Waals surface area (Å²) < 4.78 is 13.2. The number of phenols is 1. The SMILES string of the molecule is O=[N+]([O-])c1cc(Cl)ccc1NCc1ccc(O)c(F)c1. The summed E-state index contributed by atoms with van der Waals surface area (Å²) in [5.41, 5.74) is 0.675. The second-order valence-electron chi connectivity index (χ2n) is 4.06. The second-order valence-corrected chi connectivity index (χ2v) is 4.49. The van der Waals surface area contributed by atoms with Crippen molar-refractivity contribution in [1.82, 2.24) is 0 Å². The van der Waals surface area contributed by atoms with E-state index in [9.17, 15) is 14.5 Å². The number of nitro benzene ring substituents is 1. The lowest BCUT2D eigenvalue weighted by Gasteiger charge is -2.08. The molecule has 7 heteroatoms. The predicted molar refractivity (Wildman–Crippen MR) is 73.5 cm³/mol. The third kappa shape index (κ3) is 3.16. The molecule has 0 aromatic heterocycles. The first-order valence-corrected chi connectivity index (χ1v) is 6.00. The summed E-state index contributed by atoms with van der Waals surface area (Å²) >= 11 is 5.71. The highest BCUT2D eigenvalue weighted by Gasteiger charge is 2.14. The van der Waals surface area contributed by atoms with Crippen LogP contribution in [0.25, 0.3) is 0 Å². The number of nitrogens with zero attached hydrogens (tertiary/aromatic N) is 1. The lowest BCUT2D eigenvalue weighted by molar-refractivity contribution is -0.383. The first kappa shape index (κ1) is 14.1. The zero-order valence-corrected chi connectivity index (χ0v) is 10.9. The quantitative estimate of drug-likeness (QED) is 0.666. The highest BCUT2D eigenvalue weighted by Crippen LogP contribution is 2.28. The molecule has 2 N–H and O–H groups in total. The van der Waals surface area contributed by atoms with Crippen LogP contribution in [-0.2, 0) is 6.54 Å². The van der Waals surface area contributed by atoms with Crippen LogP contribution in [-0.4, -0.2) is 10.0 Å². The Morgan fingerprint density at radius 2 is 2.05 bits per heavy atom. The molecule has 2 aromatic carbocycles. The highest BCUT2D eigenvalue weighted by atomic mass is 35.5. The minimum Gasteiger partial charge on any atom is -0.505 e. The Labute approximate surface area is 118 Å². The molecule has 0 amide bonds. The summed E-state index contributed by atoms with van der Waals surface area (Å²) in [5.74, 6) is -1.18. The van der Waals surface area contributed by atoms with Crippen LogP contribution >= 0.6 is 11.6 Å². The topological polar surface area (TPSA) is 75.4 Å². The smallest absolute Gasteiger partial charge is 0.293 e. The number of aromatic hydroxyl groups is 1. The number of nitro groups is 1. The maximum atomic E-state index is 13.2. The monoisotopic (exact) mass is 296 g/mol. The van der Waals surface area contributed by atoms with E-state index in [1.165, 1.54) is 30.3 Å².